The van der Waals surface area contributed by atoms with E-state index < -0.39 is 11.6 Å². The Morgan fingerprint density at radius 1 is 1.28 bits per heavy atom. The predicted molar refractivity (Wildman–Crippen MR) is 75.0 cm³/mol. The van der Waals surface area contributed by atoms with Crippen LogP contribution in [-0.2, 0) is 0 Å². The number of hydrogen-bond acceptors (Lipinski definition) is 2. The zero-order chi connectivity index (χ0) is 14.1. The lowest BCUT2D eigenvalue weighted by Gasteiger charge is -2.28. The third-order valence-corrected chi connectivity index (χ3v) is 2.63. The van der Waals surface area contributed by atoms with Crippen LogP contribution in [0.25, 0.3) is 0 Å². The molecule has 0 radical (unpaired) electrons. The van der Waals surface area contributed by atoms with Gasteiger partial charge in [0.1, 0.15) is 22.3 Å². The zero-order valence-corrected chi connectivity index (χ0v) is 11.9. The van der Waals surface area contributed by atoms with Crippen molar-refractivity contribution in [2.45, 2.75) is 20.8 Å². The molecule has 0 saturated heterocycles. The van der Waals surface area contributed by atoms with Crippen molar-refractivity contribution in [3.05, 3.63) is 29.3 Å². The number of rotatable bonds is 3. The van der Waals surface area contributed by atoms with Crippen LogP contribution < -0.4 is 10.6 Å². The summed E-state index contributed by atoms with van der Waals surface area (Å²) in [6.45, 7) is 6.54. The summed E-state index contributed by atoms with van der Waals surface area (Å²) in [6, 6.07) is 2.33. The monoisotopic (exact) mass is 272 g/mol. The first kappa shape index (κ1) is 14.8. The van der Waals surface area contributed by atoms with Crippen LogP contribution in [0.2, 0.25) is 0 Å². The number of halogens is 2. The van der Waals surface area contributed by atoms with E-state index in [1.807, 2.05) is 20.8 Å². The van der Waals surface area contributed by atoms with Crippen molar-refractivity contribution in [1.29, 1.82) is 0 Å². The van der Waals surface area contributed by atoms with Crippen LogP contribution in [0.15, 0.2) is 12.1 Å². The maximum absolute atomic E-state index is 13.9. The summed E-state index contributed by atoms with van der Waals surface area (Å²) in [7, 11) is 1.66. The second kappa shape index (κ2) is 5.18. The second-order valence-corrected chi connectivity index (χ2v) is 6.01. The van der Waals surface area contributed by atoms with Gasteiger partial charge in [-0.3, -0.25) is 0 Å². The highest BCUT2D eigenvalue weighted by atomic mass is 32.1. The molecule has 5 heteroatoms. The molecule has 0 atom stereocenters. The summed E-state index contributed by atoms with van der Waals surface area (Å²) in [6.07, 6.45) is 0. The summed E-state index contributed by atoms with van der Waals surface area (Å²) in [5.41, 5.74) is 5.45. The van der Waals surface area contributed by atoms with E-state index in [1.165, 1.54) is 12.1 Å². The van der Waals surface area contributed by atoms with Crippen LogP contribution in [0.4, 0.5) is 14.5 Å². The van der Waals surface area contributed by atoms with Crippen LogP contribution in [0.1, 0.15) is 26.3 Å². The number of thiocarbonyl (C=S) groups is 1. The first-order chi connectivity index (χ1) is 8.11. The van der Waals surface area contributed by atoms with Gasteiger partial charge >= 0.3 is 0 Å². The largest absolute Gasteiger partial charge is 0.389 e. The van der Waals surface area contributed by atoms with Gasteiger partial charge in [-0.15, -0.1) is 0 Å². The van der Waals surface area contributed by atoms with E-state index >= 15 is 0 Å². The first-order valence-corrected chi connectivity index (χ1v) is 6.02. The normalized spacial score (nSPS) is 11.4. The molecule has 0 aromatic heterocycles. The lowest BCUT2D eigenvalue weighted by Crippen LogP contribution is -2.30. The van der Waals surface area contributed by atoms with Crippen LogP contribution in [-0.4, -0.2) is 18.6 Å². The van der Waals surface area contributed by atoms with E-state index in [-0.39, 0.29) is 21.7 Å². The minimum absolute atomic E-state index is 0.0159. The summed E-state index contributed by atoms with van der Waals surface area (Å²) < 4.78 is 27.8. The van der Waals surface area contributed by atoms with Crippen LogP contribution in [0.5, 0.6) is 0 Å². The Morgan fingerprint density at radius 3 is 2.06 bits per heavy atom. The van der Waals surface area contributed by atoms with Gasteiger partial charge in [-0.25, -0.2) is 8.78 Å². The van der Waals surface area contributed by atoms with Gasteiger partial charge in [0.2, 0.25) is 0 Å². The van der Waals surface area contributed by atoms with Gasteiger partial charge in [-0.2, -0.15) is 0 Å². The lowest BCUT2D eigenvalue weighted by atomic mass is 9.96. The Labute approximate surface area is 112 Å². The van der Waals surface area contributed by atoms with E-state index in [4.69, 9.17) is 18.0 Å². The smallest absolute Gasteiger partial charge is 0.150 e. The Kier molecular flexibility index (Phi) is 4.27. The maximum Gasteiger partial charge on any atom is 0.150 e. The molecule has 0 aliphatic heterocycles. The third kappa shape index (κ3) is 3.63. The van der Waals surface area contributed by atoms with Gasteiger partial charge < -0.3 is 10.6 Å². The number of anilines is 1. The molecule has 0 amide bonds. The van der Waals surface area contributed by atoms with Crippen molar-refractivity contribution in [1.82, 2.24) is 0 Å². The van der Waals surface area contributed by atoms with Crippen molar-refractivity contribution in [3.63, 3.8) is 0 Å². The molecule has 1 aromatic rings. The average molecular weight is 272 g/mol. The van der Waals surface area contributed by atoms with Crippen LogP contribution >= 0.6 is 12.2 Å². The Bertz CT molecular complexity index is 444. The molecular formula is C13H18F2N2S. The molecule has 2 N–H and O–H groups in total. The predicted octanol–water partition coefficient (Wildman–Crippen LogP) is 3.08. The fourth-order valence-corrected chi connectivity index (χ4v) is 1.98. The highest BCUT2D eigenvalue weighted by Gasteiger charge is 2.20. The summed E-state index contributed by atoms with van der Waals surface area (Å²) in [4.78, 5) is 1.55. The molecule has 18 heavy (non-hydrogen) atoms. The quantitative estimate of drug-likeness (QED) is 0.857. The van der Waals surface area contributed by atoms with Crippen molar-refractivity contribution >= 4 is 22.9 Å². The van der Waals surface area contributed by atoms with Gasteiger partial charge in [-0.1, -0.05) is 33.0 Å². The Hall–Kier alpha value is -1.23. The first-order valence-electron chi connectivity index (χ1n) is 5.62. The number of nitrogens with two attached hydrogens (primary N) is 1. The fraction of sp³-hybridized carbons (Fsp3) is 0.462. The summed E-state index contributed by atoms with van der Waals surface area (Å²) >= 11 is 4.71. The fourth-order valence-electron chi connectivity index (χ4n) is 1.86. The zero-order valence-electron chi connectivity index (χ0n) is 11.1. The number of nitrogens with zero attached hydrogens (tertiary/aromatic N) is 1. The highest BCUT2D eigenvalue weighted by Crippen LogP contribution is 2.27. The summed E-state index contributed by atoms with van der Waals surface area (Å²) in [5, 5.41) is 0. The molecule has 0 bridgehead atoms. The second-order valence-electron chi connectivity index (χ2n) is 5.57. The molecule has 0 unspecified atom stereocenters. The van der Waals surface area contributed by atoms with Crippen LogP contribution in [0, 0.1) is 17.0 Å². The SMILES string of the molecule is CN(CC(C)(C)C)c1c(F)cc(C(N)=S)cc1F. The molecular weight excluding hydrogens is 254 g/mol. The van der Waals surface area contributed by atoms with E-state index in [0.29, 0.717) is 6.54 Å². The molecule has 0 fully saturated rings. The third-order valence-electron chi connectivity index (χ3n) is 2.39. The van der Waals surface area contributed by atoms with Gasteiger partial charge in [0.25, 0.3) is 0 Å². The Balaban J connectivity index is 3.14. The van der Waals surface area contributed by atoms with Crippen molar-refractivity contribution in [2.75, 3.05) is 18.5 Å². The summed E-state index contributed by atoms with van der Waals surface area (Å²) in [5.74, 6) is -1.30. The molecule has 100 valence electrons. The van der Waals surface area contributed by atoms with Crippen molar-refractivity contribution in [2.24, 2.45) is 11.1 Å². The van der Waals surface area contributed by atoms with Gasteiger partial charge in [-0.05, 0) is 17.5 Å². The van der Waals surface area contributed by atoms with E-state index in [9.17, 15) is 8.78 Å². The molecule has 0 saturated carbocycles. The molecule has 0 aliphatic carbocycles. The van der Waals surface area contributed by atoms with E-state index in [0.717, 1.165) is 0 Å². The lowest BCUT2D eigenvalue weighted by molar-refractivity contribution is 0.414. The average Bonchev–Trinajstić information content (AvgIpc) is 2.12. The molecule has 0 spiro atoms. The standard InChI is InChI=1S/C13H18F2N2S/c1-13(2,3)7-17(4)11-9(14)5-8(12(16)18)6-10(11)15/h5-6H,7H2,1-4H3,(H2,16,18). The van der Waals surface area contributed by atoms with Gasteiger partial charge in [0.15, 0.2) is 0 Å². The topological polar surface area (TPSA) is 29.3 Å². The molecule has 1 aromatic carbocycles. The highest BCUT2D eigenvalue weighted by molar-refractivity contribution is 7.80. The van der Waals surface area contributed by atoms with E-state index in [2.05, 4.69) is 0 Å². The molecule has 0 heterocycles. The van der Waals surface area contributed by atoms with E-state index in [1.54, 1.807) is 11.9 Å². The van der Waals surface area contributed by atoms with Crippen molar-refractivity contribution in [3.8, 4) is 0 Å². The minimum atomic E-state index is -0.649. The van der Waals surface area contributed by atoms with Gasteiger partial charge in [0, 0.05) is 19.2 Å². The number of benzene rings is 1. The van der Waals surface area contributed by atoms with Gasteiger partial charge in [0.05, 0.1) is 0 Å². The number of hydrogen-bond donors (Lipinski definition) is 1. The maximum atomic E-state index is 13.9. The van der Waals surface area contributed by atoms with Crippen molar-refractivity contribution < 1.29 is 8.78 Å². The molecule has 0 aliphatic rings. The van der Waals surface area contributed by atoms with Crippen LogP contribution in [0.3, 0.4) is 0 Å². The Morgan fingerprint density at radius 2 is 1.72 bits per heavy atom. The molecule has 1 rings (SSSR count). The molecule has 2 nitrogen and oxygen atoms in total. The minimum Gasteiger partial charge on any atom is -0.389 e.